The van der Waals surface area contributed by atoms with E-state index in [0.717, 1.165) is 16.4 Å². The van der Waals surface area contributed by atoms with Gasteiger partial charge in [-0.3, -0.25) is 19.2 Å². The minimum absolute atomic E-state index is 0.0157. The normalized spacial score (nSPS) is 26.4. The summed E-state index contributed by atoms with van der Waals surface area (Å²) in [4.78, 5) is 53.0. The van der Waals surface area contributed by atoms with Crippen molar-refractivity contribution in [3.8, 4) is 0 Å². The number of thiophene rings is 1. The van der Waals surface area contributed by atoms with Gasteiger partial charge in [-0.15, -0.1) is 11.3 Å². The standard InChI is InChI=1S/C22H17ClN2O4S/c23-15-7-5-12(6-8-15)20(27)24(11-16(26)17-2-1-9-30-17)25-21(28)18-13-3-4-14(10-13)19(18)22(25)29/h1-9,13-14,18-19H,10-11H2/t13-,14-,18-,19+/m0/s1. The number of fused-ring (bicyclic) bond motifs is 5. The highest BCUT2D eigenvalue weighted by Gasteiger charge is 2.61. The summed E-state index contributed by atoms with van der Waals surface area (Å²) in [6.45, 7) is -0.387. The molecule has 0 spiro atoms. The number of carbonyl (C=O) groups is 4. The fourth-order valence-corrected chi connectivity index (χ4v) is 5.53. The third-order valence-electron chi connectivity index (χ3n) is 6.10. The van der Waals surface area contributed by atoms with E-state index in [-0.39, 0.29) is 29.7 Å². The van der Waals surface area contributed by atoms with Crippen LogP contribution in [0, 0.1) is 23.7 Å². The van der Waals surface area contributed by atoms with Gasteiger partial charge < -0.3 is 0 Å². The Hall–Kier alpha value is -2.77. The first-order valence-corrected chi connectivity index (χ1v) is 10.9. The molecule has 3 aliphatic rings. The average molecular weight is 441 g/mol. The van der Waals surface area contributed by atoms with Crippen LogP contribution in [-0.4, -0.2) is 40.1 Å². The van der Waals surface area contributed by atoms with Crippen molar-refractivity contribution in [1.82, 2.24) is 10.0 Å². The molecule has 30 heavy (non-hydrogen) atoms. The lowest BCUT2D eigenvalue weighted by molar-refractivity contribution is -0.154. The molecule has 0 N–H and O–H groups in total. The van der Waals surface area contributed by atoms with E-state index in [0.29, 0.717) is 9.90 Å². The van der Waals surface area contributed by atoms with Gasteiger partial charge in [-0.05, 0) is 54.0 Å². The molecule has 1 aromatic carbocycles. The fourth-order valence-electron chi connectivity index (χ4n) is 4.75. The molecular formula is C22H17ClN2O4S. The molecule has 2 fully saturated rings. The highest BCUT2D eigenvalue weighted by molar-refractivity contribution is 7.12. The largest absolute Gasteiger partial charge is 0.291 e. The van der Waals surface area contributed by atoms with Crippen molar-refractivity contribution in [2.75, 3.05) is 6.54 Å². The molecule has 1 saturated carbocycles. The second-order valence-corrected chi connectivity index (χ2v) is 9.14. The number of amides is 3. The number of nitrogens with zero attached hydrogens (tertiary/aromatic N) is 2. The Morgan fingerprint density at radius 2 is 1.67 bits per heavy atom. The maximum Gasteiger partial charge on any atom is 0.273 e. The van der Waals surface area contributed by atoms with Crippen LogP contribution in [0.3, 0.4) is 0 Å². The first-order valence-electron chi connectivity index (χ1n) is 9.66. The van der Waals surface area contributed by atoms with Gasteiger partial charge in [0, 0.05) is 10.6 Å². The number of Topliss-reactive ketones (excluding diaryl/α,β-unsaturated/α-hetero) is 1. The van der Waals surface area contributed by atoms with E-state index >= 15 is 0 Å². The third-order valence-corrected chi connectivity index (χ3v) is 7.27. The van der Waals surface area contributed by atoms with Gasteiger partial charge in [0.2, 0.25) is 0 Å². The SMILES string of the molecule is O=C(CN(C(=O)c1ccc(Cl)cc1)N1C(=O)[C@@H]2[C@H](C1=O)[C@H]1C=C[C@H]2C1)c1cccs1. The number of hydrazine groups is 1. The van der Waals surface area contributed by atoms with Gasteiger partial charge in [0.25, 0.3) is 17.7 Å². The van der Waals surface area contributed by atoms with Gasteiger partial charge in [0.15, 0.2) is 5.78 Å². The zero-order valence-electron chi connectivity index (χ0n) is 15.7. The molecule has 2 heterocycles. The van der Waals surface area contributed by atoms with Crippen molar-refractivity contribution < 1.29 is 19.2 Å². The lowest BCUT2D eigenvalue weighted by Gasteiger charge is -2.30. The summed E-state index contributed by atoms with van der Waals surface area (Å²) in [5, 5.41) is 4.15. The van der Waals surface area contributed by atoms with E-state index < -0.39 is 29.6 Å². The number of hydrogen-bond acceptors (Lipinski definition) is 5. The summed E-state index contributed by atoms with van der Waals surface area (Å²) in [6.07, 6.45) is 4.77. The van der Waals surface area contributed by atoms with Crippen LogP contribution in [-0.2, 0) is 9.59 Å². The fraction of sp³-hybridized carbons (Fsp3) is 0.273. The van der Waals surface area contributed by atoms with Crippen LogP contribution in [0.25, 0.3) is 0 Å². The van der Waals surface area contributed by atoms with Crippen molar-refractivity contribution in [1.29, 1.82) is 0 Å². The Kier molecular flexibility index (Phi) is 4.60. The monoisotopic (exact) mass is 440 g/mol. The first kappa shape index (κ1) is 19.2. The Morgan fingerprint density at radius 3 is 2.23 bits per heavy atom. The lowest BCUT2D eigenvalue weighted by Crippen LogP contribution is -2.52. The van der Waals surface area contributed by atoms with Gasteiger partial charge in [-0.2, -0.15) is 5.01 Å². The number of allylic oxidation sites excluding steroid dienone is 2. The number of rotatable bonds is 5. The molecule has 2 aliphatic carbocycles. The molecule has 8 heteroatoms. The van der Waals surface area contributed by atoms with Crippen molar-refractivity contribution in [2.24, 2.45) is 23.7 Å². The van der Waals surface area contributed by atoms with Gasteiger partial charge in [0.05, 0.1) is 16.7 Å². The molecule has 1 saturated heterocycles. The molecule has 1 aromatic heterocycles. The third kappa shape index (κ3) is 2.92. The maximum absolute atomic E-state index is 13.3. The number of hydrogen-bond donors (Lipinski definition) is 0. The molecule has 2 bridgehead atoms. The average Bonchev–Trinajstić information content (AvgIpc) is 3.52. The van der Waals surface area contributed by atoms with Crippen molar-refractivity contribution in [3.63, 3.8) is 0 Å². The van der Waals surface area contributed by atoms with E-state index in [1.807, 2.05) is 12.2 Å². The van der Waals surface area contributed by atoms with Gasteiger partial charge in [0.1, 0.15) is 6.54 Å². The summed E-state index contributed by atoms with van der Waals surface area (Å²) in [5.74, 6) is -2.59. The van der Waals surface area contributed by atoms with Crippen molar-refractivity contribution >= 4 is 46.4 Å². The van der Waals surface area contributed by atoms with Crippen LogP contribution in [0.15, 0.2) is 53.9 Å². The predicted octanol–water partition coefficient (Wildman–Crippen LogP) is 3.45. The Labute approximate surface area is 181 Å². The van der Waals surface area contributed by atoms with Crippen LogP contribution >= 0.6 is 22.9 Å². The molecule has 3 amide bonds. The van der Waals surface area contributed by atoms with Crippen LogP contribution in [0.1, 0.15) is 26.5 Å². The van der Waals surface area contributed by atoms with Crippen LogP contribution in [0.5, 0.6) is 0 Å². The van der Waals surface area contributed by atoms with E-state index in [2.05, 4.69) is 0 Å². The molecule has 0 unspecified atom stereocenters. The smallest absolute Gasteiger partial charge is 0.273 e. The first-order chi connectivity index (χ1) is 14.5. The molecule has 152 valence electrons. The minimum atomic E-state index is -0.585. The Bertz CT molecular complexity index is 1050. The lowest BCUT2D eigenvalue weighted by atomic mass is 9.85. The number of benzene rings is 1. The molecule has 0 radical (unpaired) electrons. The highest BCUT2D eigenvalue weighted by Crippen LogP contribution is 2.52. The molecule has 1 aliphatic heterocycles. The maximum atomic E-state index is 13.3. The number of carbonyl (C=O) groups excluding carboxylic acids is 4. The van der Waals surface area contributed by atoms with Crippen LogP contribution in [0.4, 0.5) is 0 Å². The Morgan fingerprint density at radius 1 is 1.03 bits per heavy atom. The van der Waals surface area contributed by atoms with Gasteiger partial charge in [-0.25, -0.2) is 5.01 Å². The van der Waals surface area contributed by atoms with Crippen LogP contribution < -0.4 is 0 Å². The molecule has 6 nitrogen and oxygen atoms in total. The molecule has 4 atom stereocenters. The summed E-state index contributed by atoms with van der Waals surface area (Å²) in [6, 6.07) is 9.55. The summed E-state index contributed by atoms with van der Waals surface area (Å²) >= 11 is 7.17. The van der Waals surface area contributed by atoms with Crippen molar-refractivity contribution in [2.45, 2.75) is 6.42 Å². The zero-order chi connectivity index (χ0) is 21.0. The van der Waals surface area contributed by atoms with E-state index in [1.165, 1.54) is 23.5 Å². The van der Waals surface area contributed by atoms with Gasteiger partial charge in [-0.1, -0.05) is 29.8 Å². The zero-order valence-corrected chi connectivity index (χ0v) is 17.3. The quantitative estimate of drug-likeness (QED) is 0.405. The predicted molar refractivity (Wildman–Crippen MR) is 111 cm³/mol. The minimum Gasteiger partial charge on any atom is -0.291 e. The van der Waals surface area contributed by atoms with E-state index in [9.17, 15) is 19.2 Å². The summed E-state index contributed by atoms with van der Waals surface area (Å²) in [5.41, 5.74) is 0.247. The van der Waals surface area contributed by atoms with Crippen LogP contribution in [0.2, 0.25) is 5.02 Å². The summed E-state index contributed by atoms with van der Waals surface area (Å²) in [7, 11) is 0. The van der Waals surface area contributed by atoms with E-state index in [1.54, 1.807) is 29.6 Å². The second-order valence-electron chi connectivity index (χ2n) is 7.76. The Balaban J connectivity index is 1.50. The number of ketones is 1. The number of imide groups is 1. The molecular weight excluding hydrogens is 424 g/mol. The number of halogens is 1. The van der Waals surface area contributed by atoms with E-state index in [4.69, 9.17) is 11.6 Å². The molecule has 2 aromatic rings. The van der Waals surface area contributed by atoms with Crippen molar-refractivity contribution in [3.05, 3.63) is 69.4 Å². The second kappa shape index (κ2) is 7.18. The summed E-state index contributed by atoms with van der Waals surface area (Å²) < 4.78 is 0. The topological polar surface area (TPSA) is 74.8 Å². The molecule has 5 rings (SSSR count). The highest BCUT2D eigenvalue weighted by atomic mass is 35.5. The van der Waals surface area contributed by atoms with Gasteiger partial charge >= 0.3 is 0 Å².